The molecule has 2 fully saturated rings. The van der Waals surface area contributed by atoms with Crippen LogP contribution in [0.3, 0.4) is 0 Å². The lowest BCUT2D eigenvalue weighted by atomic mass is 9.93. The van der Waals surface area contributed by atoms with Gasteiger partial charge in [-0.1, -0.05) is 29.8 Å². The molecule has 1 N–H and O–H groups in total. The Morgan fingerprint density at radius 3 is 2.57 bits per heavy atom. The van der Waals surface area contributed by atoms with E-state index in [0.29, 0.717) is 30.8 Å². The molecule has 4 rings (SSSR count). The highest BCUT2D eigenvalue weighted by molar-refractivity contribution is 6.46. The van der Waals surface area contributed by atoms with E-state index in [1.54, 1.807) is 12.1 Å². The summed E-state index contributed by atoms with van der Waals surface area (Å²) in [5, 5.41) is 22.7. The smallest absolute Gasteiger partial charge is 0.295 e. The number of ether oxygens (including phenoxy) is 1. The Hall–Kier alpha value is -3.56. The predicted molar refractivity (Wildman–Crippen MR) is 130 cm³/mol. The number of morpholine rings is 1. The van der Waals surface area contributed by atoms with E-state index >= 15 is 0 Å². The summed E-state index contributed by atoms with van der Waals surface area (Å²) in [6.07, 6.45) is 0.613. The van der Waals surface area contributed by atoms with E-state index in [0.717, 1.165) is 30.8 Å². The van der Waals surface area contributed by atoms with Gasteiger partial charge < -0.3 is 14.7 Å². The van der Waals surface area contributed by atoms with Crippen molar-refractivity contribution in [2.75, 3.05) is 39.4 Å². The van der Waals surface area contributed by atoms with Crippen LogP contribution >= 0.6 is 0 Å². The molecule has 0 unspecified atom stereocenters. The summed E-state index contributed by atoms with van der Waals surface area (Å²) in [6.45, 7) is 7.62. The van der Waals surface area contributed by atoms with Gasteiger partial charge in [-0.3, -0.25) is 24.6 Å². The molecule has 35 heavy (non-hydrogen) atoms. The van der Waals surface area contributed by atoms with Crippen molar-refractivity contribution in [1.29, 1.82) is 0 Å². The average Bonchev–Trinajstić information content (AvgIpc) is 3.11. The molecule has 0 aliphatic carbocycles. The van der Waals surface area contributed by atoms with Gasteiger partial charge in [-0.05, 0) is 37.5 Å². The van der Waals surface area contributed by atoms with Gasteiger partial charge >= 0.3 is 0 Å². The third-order valence-corrected chi connectivity index (χ3v) is 6.56. The maximum Gasteiger partial charge on any atom is 0.295 e. The molecular weight excluding hydrogens is 450 g/mol. The number of carbonyl (C=O) groups excluding carboxylic acids is 2. The van der Waals surface area contributed by atoms with Crippen molar-refractivity contribution in [1.82, 2.24) is 9.80 Å². The van der Waals surface area contributed by atoms with Crippen LogP contribution in [-0.2, 0) is 14.3 Å². The molecule has 0 spiro atoms. The summed E-state index contributed by atoms with van der Waals surface area (Å²) in [5.41, 5.74) is 2.33. The minimum Gasteiger partial charge on any atom is -0.507 e. The second-order valence-corrected chi connectivity index (χ2v) is 8.97. The van der Waals surface area contributed by atoms with E-state index in [4.69, 9.17) is 4.74 Å². The van der Waals surface area contributed by atoms with E-state index in [2.05, 4.69) is 4.90 Å². The molecule has 2 saturated heterocycles. The first kappa shape index (κ1) is 24.6. The number of non-ortho nitro benzene ring substituents is 1. The molecule has 9 nitrogen and oxygen atoms in total. The molecule has 0 bridgehead atoms. The van der Waals surface area contributed by atoms with E-state index in [9.17, 15) is 24.8 Å². The van der Waals surface area contributed by atoms with Crippen molar-refractivity contribution < 1.29 is 24.4 Å². The lowest BCUT2D eigenvalue weighted by Crippen LogP contribution is -2.39. The largest absolute Gasteiger partial charge is 0.507 e. The first-order chi connectivity index (χ1) is 16.8. The van der Waals surface area contributed by atoms with E-state index in [1.165, 1.54) is 23.1 Å². The molecule has 184 valence electrons. The van der Waals surface area contributed by atoms with Crippen molar-refractivity contribution in [3.05, 3.63) is 80.4 Å². The predicted octanol–water partition coefficient (Wildman–Crippen LogP) is 3.36. The Balaban J connectivity index is 1.74. The van der Waals surface area contributed by atoms with Gasteiger partial charge in [0.15, 0.2) is 0 Å². The molecule has 2 aromatic carbocycles. The lowest BCUT2D eigenvalue weighted by molar-refractivity contribution is -0.384. The molecule has 1 amide bonds. The van der Waals surface area contributed by atoms with Crippen LogP contribution in [0, 0.1) is 24.0 Å². The second-order valence-electron chi connectivity index (χ2n) is 8.97. The third-order valence-electron chi connectivity index (χ3n) is 6.56. The monoisotopic (exact) mass is 479 g/mol. The molecule has 2 heterocycles. The molecular formula is C26H29N3O6. The fourth-order valence-corrected chi connectivity index (χ4v) is 4.69. The van der Waals surface area contributed by atoms with Crippen LogP contribution in [0.4, 0.5) is 5.69 Å². The fourth-order valence-electron chi connectivity index (χ4n) is 4.69. The number of likely N-dealkylation sites (tertiary alicyclic amines) is 1. The summed E-state index contributed by atoms with van der Waals surface area (Å²) in [5.74, 6) is -1.77. The number of ketones is 1. The van der Waals surface area contributed by atoms with Crippen molar-refractivity contribution >= 4 is 23.1 Å². The van der Waals surface area contributed by atoms with Crippen LogP contribution in [0.1, 0.15) is 34.7 Å². The maximum atomic E-state index is 13.2. The summed E-state index contributed by atoms with van der Waals surface area (Å²) in [7, 11) is 0. The maximum absolute atomic E-state index is 13.2. The zero-order chi connectivity index (χ0) is 25.1. The summed E-state index contributed by atoms with van der Waals surface area (Å²) in [4.78, 5) is 40.9. The number of hydrogen-bond acceptors (Lipinski definition) is 7. The number of aliphatic hydroxyl groups is 1. The number of hydrogen-bond donors (Lipinski definition) is 1. The minimum atomic E-state index is -0.917. The zero-order valence-electron chi connectivity index (χ0n) is 19.9. The first-order valence-electron chi connectivity index (χ1n) is 11.7. The van der Waals surface area contributed by atoms with Gasteiger partial charge in [-0.15, -0.1) is 0 Å². The molecule has 0 radical (unpaired) electrons. The Bertz CT molecular complexity index is 1190. The highest BCUT2D eigenvalue weighted by atomic mass is 16.6. The number of nitrogens with zero attached hydrogens (tertiary/aromatic N) is 3. The second kappa shape index (κ2) is 10.4. The van der Waals surface area contributed by atoms with Crippen molar-refractivity contribution in [2.45, 2.75) is 26.3 Å². The van der Waals surface area contributed by atoms with Gasteiger partial charge in [0.1, 0.15) is 5.76 Å². The topological polar surface area (TPSA) is 113 Å². The summed E-state index contributed by atoms with van der Waals surface area (Å²) in [6, 6.07) is 10.5. The molecule has 2 aromatic rings. The SMILES string of the molecule is Cc1ccc(C)c(C(O)=C2C(=O)C(=O)N(CCCN3CCOCC3)[C@H]2c2cccc([N+](=O)[O-])c2)c1. The molecule has 2 aliphatic heterocycles. The van der Waals surface area contributed by atoms with Gasteiger partial charge in [0.25, 0.3) is 17.4 Å². The van der Waals surface area contributed by atoms with Crippen LogP contribution < -0.4 is 0 Å². The summed E-state index contributed by atoms with van der Waals surface area (Å²) < 4.78 is 5.38. The van der Waals surface area contributed by atoms with Crippen LogP contribution in [0.25, 0.3) is 5.76 Å². The van der Waals surface area contributed by atoms with Crippen molar-refractivity contribution in [2.24, 2.45) is 0 Å². The van der Waals surface area contributed by atoms with Crippen LogP contribution in [0.5, 0.6) is 0 Å². The Labute approximate surface area is 203 Å². The van der Waals surface area contributed by atoms with E-state index < -0.39 is 22.7 Å². The Morgan fingerprint density at radius 1 is 1.11 bits per heavy atom. The van der Waals surface area contributed by atoms with Crippen molar-refractivity contribution in [3.8, 4) is 0 Å². The number of aliphatic hydroxyl groups excluding tert-OH is 1. The van der Waals surface area contributed by atoms with Crippen LogP contribution in [0.2, 0.25) is 0 Å². The number of benzene rings is 2. The Kier molecular flexibility index (Phi) is 7.28. The third kappa shape index (κ3) is 5.11. The van der Waals surface area contributed by atoms with Crippen LogP contribution in [0.15, 0.2) is 48.0 Å². The fraction of sp³-hybridized carbons (Fsp3) is 0.385. The van der Waals surface area contributed by atoms with Gasteiger partial charge in [0.05, 0.1) is 29.8 Å². The average molecular weight is 480 g/mol. The highest BCUT2D eigenvalue weighted by Crippen LogP contribution is 2.40. The molecule has 2 aliphatic rings. The number of Topliss-reactive ketones (excluding diaryl/α,β-unsaturated/α-hetero) is 1. The van der Waals surface area contributed by atoms with Gasteiger partial charge in [0, 0.05) is 43.9 Å². The lowest BCUT2D eigenvalue weighted by Gasteiger charge is -2.29. The number of rotatable bonds is 7. The van der Waals surface area contributed by atoms with Crippen LogP contribution in [-0.4, -0.2) is 70.9 Å². The van der Waals surface area contributed by atoms with Gasteiger partial charge in [-0.2, -0.15) is 0 Å². The Morgan fingerprint density at radius 2 is 1.86 bits per heavy atom. The quantitative estimate of drug-likeness (QED) is 0.213. The molecule has 0 aromatic heterocycles. The minimum absolute atomic E-state index is 0.0458. The van der Waals surface area contributed by atoms with Crippen molar-refractivity contribution in [3.63, 3.8) is 0 Å². The molecule has 9 heteroatoms. The zero-order valence-corrected chi connectivity index (χ0v) is 19.9. The standard InChI is InChI=1S/C26H29N3O6/c1-17-7-8-18(2)21(15-17)24(30)22-23(19-5-3-6-20(16-19)29(33)34)28(26(32)25(22)31)10-4-9-27-11-13-35-14-12-27/h3,5-8,15-16,23,30H,4,9-14H2,1-2H3/t23-/m0/s1. The highest BCUT2D eigenvalue weighted by Gasteiger charge is 2.46. The number of nitro benzene ring substituents is 1. The first-order valence-corrected chi connectivity index (χ1v) is 11.7. The van der Waals surface area contributed by atoms with E-state index in [-0.39, 0.29) is 23.6 Å². The summed E-state index contributed by atoms with van der Waals surface area (Å²) >= 11 is 0. The normalized spacial score (nSPS) is 20.4. The number of amides is 1. The number of aryl methyl sites for hydroxylation is 2. The van der Waals surface area contributed by atoms with Gasteiger partial charge in [-0.25, -0.2) is 0 Å². The van der Waals surface area contributed by atoms with Gasteiger partial charge in [0.2, 0.25) is 0 Å². The van der Waals surface area contributed by atoms with E-state index in [1.807, 2.05) is 26.0 Å². The number of carbonyl (C=O) groups is 2. The molecule has 1 atom stereocenters. The molecule has 0 saturated carbocycles. The number of nitro groups is 1.